The van der Waals surface area contributed by atoms with Crippen LogP contribution in [0, 0.1) is 11.8 Å². The van der Waals surface area contributed by atoms with E-state index in [1.807, 2.05) is 6.92 Å². The lowest BCUT2D eigenvalue weighted by molar-refractivity contribution is 0.0626. The van der Waals surface area contributed by atoms with E-state index in [1.165, 1.54) is 32.2 Å². The Morgan fingerprint density at radius 3 is 2.79 bits per heavy atom. The third kappa shape index (κ3) is 4.44. The summed E-state index contributed by atoms with van der Waals surface area (Å²) >= 11 is 0. The summed E-state index contributed by atoms with van der Waals surface area (Å²) in [5.74, 6) is 1.64. The Morgan fingerprint density at radius 2 is 2.16 bits per heavy atom. The van der Waals surface area contributed by atoms with Gasteiger partial charge in [0.15, 0.2) is 0 Å². The van der Waals surface area contributed by atoms with Gasteiger partial charge in [-0.1, -0.05) is 13.8 Å². The number of aliphatic hydroxyl groups is 1. The largest absolute Gasteiger partial charge is 0.389 e. The van der Waals surface area contributed by atoms with Crippen molar-refractivity contribution in [1.82, 2.24) is 10.2 Å². The van der Waals surface area contributed by atoms with Crippen molar-refractivity contribution in [2.24, 2.45) is 11.8 Å². The average molecular weight is 268 g/mol. The molecule has 2 N–H and O–H groups in total. The highest BCUT2D eigenvalue weighted by molar-refractivity contribution is 4.91. The molecule has 4 unspecified atom stereocenters. The van der Waals surface area contributed by atoms with Crippen LogP contribution in [0.2, 0.25) is 0 Å². The zero-order chi connectivity index (χ0) is 13.9. The van der Waals surface area contributed by atoms with Crippen molar-refractivity contribution in [3.63, 3.8) is 0 Å². The molecule has 1 aliphatic carbocycles. The molecule has 0 bridgehead atoms. The summed E-state index contributed by atoms with van der Waals surface area (Å²) in [6.07, 6.45) is 6.20. The molecule has 0 aromatic heterocycles. The Balaban J connectivity index is 1.87. The van der Waals surface area contributed by atoms with Crippen molar-refractivity contribution in [3.05, 3.63) is 0 Å². The van der Waals surface area contributed by atoms with Gasteiger partial charge in [0.05, 0.1) is 5.60 Å². The van der Waals surface area contributed by atoms with E-state index >= 15 is 0 Å². The lowest BCUT2D eigenvalue weighted by Crippen LogP contribution is -2.46. The summed E-state index contributed by atoms with van der Waals surface area (Å²) < 4.78 is 0. The van der Waals surface area contributed by atoms with Crippen molar-refractivity contribution in [1.29, 1.82) is 0 Å². The summed E-state index contributed by atoms with van der Waals surface area (Å²) in [6, 6.07) is 0.696. The highest BCUT2D eigenvalue weighted by Gasteiger charge is 2.35. The smallest absolute Gasteiger partial charge is 0.0758 e. The summed E-state index contributed by atoms with van der Waals surface area (Å²) in [5.41, 5.74) is -0.452. The van der Waals surface area contributed by atoms with Gasteiger partial charge in [-0.3, -0.25) is 0 Å². The Kier molecular flexibility index (Phi) is 5.27. The molecular weight excluding hydrogens is 236 g/mol. The van der Waals surface area contributed by atoms with Crippen LogP contribution in [0.4, 0.5) is 0 Å². The van der Waals surface area contributed by atoms with Crippen LogP contribution in [0.1, 0.15) is 52.9 Å². The van der Waals surface area contributed by atoms with Gasteiger partial charge < -0.3 is 15.3 Å². The monoisotopic (exact) mass is 268 g/mol. The average Bonchev–Trinajstić information content (AvgIpc) is 2.68. The van der Waals surface area contributed by atoms with E-state index in [9.17, 15) is 5.11 Å². The van der Waals surface area contributed by atoms with E-state index < -0.39 is 5.60 Å². The molecule has 4 atom stereocenters. The van der Waals surface area contributed by atoms with Crippen LogP contribution in [-0.2, 0) is 0 Å². The fourth-order valence-electron chi connectivity index (χ4n) is 3.83. The second-order valence-corrected chi connectivity index (χ2v) is 7.22. The molecule has 1 heterocycles. The number of hydrogen-bond acceptors (Lipinski definition) is 3. The molecule has 0 spiro atoms. The highest BCUT2D eigenvalue weighted by Crippen LogP contribution is 2.31. The molecular formula is C16H32N2O. The van der Waals surface area contributed by atoms with Gasteiger partial charge in [-0.2, -0.15) is 0 Å². The van der Waals surface area contributed by atoms with Crippen LogP contribution in [0.3, 0.4) is 0 Å². The van der Waals surface area contributed by atoms with E-state index in [-0.39, 0.29) is 0 Å². The minimum Gasteiger partial charge on any atom is -0.389 e. The molecule has 1 aliphatic heterocycles. The van der Waals surface area contributed by atoms with Crippen LogP contribution < -0.4 is 5.32 Å². The zero-order valence-electron chi connectivity index (χ0n) is 13.0. The lowest BCUT2D eigenvalue weighted by atomic mass is 9.78. The maximum absolute atomic E-state index is 10.1. The minimum absolute atomic E-state index is 0.452. The van der Waals surface area contributed by atoms with Crippen molar-refractivity contribution in [3.8, 4) is 0 Å². The second-order valence-electron chi connectivity index (χ2n) is 7.22. The SMILES string of the molecule is CCCNC1CCC(C)CC1CN1CCC(C)(O)C1. The standard InChI is InChI=1S/C16H32N2O/c1-4-8-17-15-6-5-13(2)10-14(15)11-18-9-7-16(3,19)12-18/h13-15,17,19H,4-12H2,1-3H3. The number of likely N-dealkylation sites (tertiary alicyclic amines) is 1. The van der Waals surface area contributed by atoms with Crippen LogP contribution in [0.25, 0.3) is 0 Å². The van der Waals surface area contributed by atoms with Crippen LogP contribution >= 0.6 is 0 Å². The normalized spacial score (nSPS) is 40.7. The molecule has 3 heteroatoms. The number of nitrogens with one attached hydrogen (secondary N) is 1. The van der Waals surface area contributed by atoms with Crippen molar-refractivity contribution in [2.45, 2.75) is 64.5 Å². The van der Waals surface area contributed by atoms with Crippen molar-refractivity contribution >= 4 is 0 Å². The molecule has 2 rings (SSSR count). The van der Waals surface area contributed by atoms with Crippen LogP contribution in [0.5, 0.6) is 0 Å². The van der Waals surface area contributed by atoms with Gasteiger partial charge in [0.1, 0.15) is 0 Å². The van der Waals surface area contributed by atoms with Crippen molar-refractivity contribution < 1.29 is 5.11 Å². The third-order valence-corrected chi connectivity index (χ3v) is 4.92. The van der Waals surface area contributed by atoms with Gasteiger partial charge in [-0.25, -0.2) is 0 Å². The Labute approximate surface area is 118 Å². The zero-order valence-corrected chi connectivity index (χ0v) is 13.0. The Hall–Kier alpha value is -0.120. The summed E-state index contributed by atoms with van der Waals surface area (Å²) in [5, 5.41) is 13.8. The molecule has 0 radical (unpaired) electrons. The number of β-amino-alcohol motifs (C(OH)–C–C–N with tert-alkyl or cyclic N) is 1. The van der Waals surface area contributed by atoms with E-state index in [1.54, 1.807) is 0 Å². The molecule has 0 amide bonds. The number of nitrogens with zero attached hydrogens (tertiary/aromatic N) is 1. The summed E-state index contributed by atoms with van der Waals surface area (Å²) in [7, 11) is 0. The van der Waals surface area contributed by atoms with E-state index in [0.29, 0.717) is 6.04 Å². The second kappa shape index (κ2) is 6.55. The van der Waals surface area contributed by atoms with Gasteiger partial charge in [-0.15, -0.1) is 0 Å². The first-order valence-corrected chi connectivity index (χ1v) is 8.18. The number of rotatable bonds is 5. The molecule has 3 nitrogen and oxygen atoms in total. The van der Waals surface area contributed by atoms with Crippen LogP contribution in [0.15, 0.2) is 0 Å². The van der Waals surface area contributed by atoms with E-state index in [4.69, 9.17) is 0 Å². The van der Waals surface area contributed by atoms with Crippen LogP contribution in [-0.4, -0.2) is 47.8 Å². The number of hydrogen-bond donors (Lipinski definition) is 2. The first-order chi connectivity index (χ1) is 9.00. The molecule has 2 fully saturated rings. The molecule has 112 valence electrons. The summed E-state index contributed by atoms with van der Waals surface area (Å²) in [6.45, 7) is 10.9. The maximum atomic E-state index is 10.1. The van der Waals surface area contributed by atoms with Gasteiger partial charge in [0, 0.05) is 25.7 Å². The van der Waals surface area contributed by atoms with E-state index in [2.05, 4.69) is 24.1 Å². The first kappa shape index (κ1) is 15.3. The molecule has 2 aliphatic rings. The third-order valence-electron chi connectivity index (χ3n) is 4.92. The Bertz CT molecular complexity index is 278. The minimum atomic E-state index is -0.452. The lowest BCUT2D eigenvalue weighted by Gasteiger charge is -2.38. The van der Waals surface area contributed by atoms with Gasteiger partial charge in [-0.05, 0) is 57.4 Å². The molecule has 1 saturated carbocycles. The molecule has 19 heavy (non-hydrogen) atoms. The first-order valence-electron chi connectivity index (χ1n) is 8.18. The Morgan fingerprint density at radius 1 is 1.37 bits per heavy atom. The fourth-order valence-corrected chi connectivity index (χ4v) is 3.83. The van der Waals surface area contributed by atoms with E-state index in [0.717, 1.165) is 37.9 Å². The highest BCUT2D eigenvalue weighted by atomic mass is 16.3. The van der Waals surface area contributed by atoms with Crippen molar-refractivity contribution in [2.75, 3.05) is 26.2 Å². The molecule has 1 saturated heterocycles. The van der Waals surface area contributed by atoms with Gasteiger partial charge in [0.25, 0.3) is 0 Å². The maximum Gasteiger partial charge on any atom is 0.0758 e. The predicted octanol–water partition coefficient (Wildman–Crippen LogP) is 2.25. The topological polar surface area (TPSA) is 35.5 Å². The predicted molar refractivity (Wildman–Crippen MR) is 80.3 cm³/mol. The summed E-state index contributed by atoms with van der Waals surface area (Å²) in [4.78, 5) is 2.48. The fraction of sp³-hybridized carbons (Fsp3) is 1.00. The van der Waals surface area contributed by atoms with Gasteiger partial charge in [0.2, 0.25) is 0 Å². The van der Waals surface area contributed by atoms with Gasteiger partial charge >= 0.3 is 0 Å². The quantitative estimate of drug-likeness (QED) is 0.803. The molecule has 0 aromatic rings. The molecule has 0 aromatic carbocycles.